The van der Waals surface area contributed by atoms with Crippen LogP contribution in [0, 0.1) is 6.92 Å². The first-order valence-corrected chi connectivity index (χ1v) is 6.76. The maximum atomic E-state index is 12.1. The predicted molar refractivity (Wildman–Crippen MR) is 79.2 cm³/mol. The summed E-state index contributed by atoms with van der Waals surface area (Å²) in [5.41, 5.74) is 4.11. The first-order valence-electron chi connectivity index (χ1n) is 6.76. The van der Waals surface area contributed by atoms with Crippen LogP contribution in [0.2, 0.25) is 0 Å². The lowest BCUT2D eigenvalue weighted by Gasteiger charge is -2.22. The van der Waals surface area contributed by atoms with E-state index in [1.807, 2.05) is 23.7 Å². The van der Waals surface area contributed by atoms with Gasteiger partial charge in [-0.3, -0.25) is 14.6 Å². The zero-order chi connectivity index (χ0) is 14.2. The molecular formula is C16H22N2O. The summed E-state index contributed by atoms with van der Waals surface area (Å²) in [7, 11) is 0. The Labute approximate surface area is 114 Å². The van der Waals surface area contributed by atoms with Crippen molar-refractivity contribution in [3.63, 3.8) is 0 Å². The highest BCUT2D eigenvalue weighted by Gasteiger charge is 2.25. The minimum Gasteiger partial charge on any atom is -0.268 e. The fraction of sp³-hybridized carbons (Fsp3) is 0.438. The van der Waals surface area contributed by atoms with Crippen LogP contribution in [-0.2, 0) is 11.8 Å². The Morgan fingerprint density at radius 2 is 1.95 bits per heavy atom. The highest BCUT2D eigenvalue weighted by molar-refractivity contribution is 5.40. The van der Waals surface area contributed by atoms with E-state index in [0.29, 0.717) is 0 Å². The maximum absolute atomic E-state index is 12.1. The second-order valence-electron chi connectivity index (χ2n) is 6.05. The molecule has 3 heteroatoms. The number of hydrogen-bond donors (Lipinski definition) is 1. The van der Waals surface area contributed by atoms with Crippen molar-refractivity contribution in [2.45, 2.75) is 46.5 Å². The van der Waals surface area contributed by atoms with Gasteiger partial charge in [-0.1, -0.05) is 39.8 Å². The third-order valence-electron chi connectivity index (χ3n) is 3.32. The zero-order valence-electron chi connectivity index (χ0n) is 12.4. The summed E-state index contributed by atoms with van der Waals surface area (Å²) < 4.78 is 1.94. The van der Waals surface area contributed by atoms with Crippen molar-refractivity contribution in [2.75, 3.05) is 0 Å². The van der Waals surface area contributed by atoms with E-state index >= 15 is 0 Å². The topological polar surface area (TPSA) is 37.8 Å². The van der Waals surface area contributed by atoms with Gasteiger partial charge in [0.05, 0.1) is 11.4 Å². The number of aromatic nitrogens is 2. The highest BCUT2D eigenvalue weighted by atomic mass is 16.1. The van der Waals surface area contributed by atoms with E-state index < -0.39 is 0 Å². The molecule has 0 spiro atoms. The largest absolute Gasteiger partial charge is 0.268 e. The van der Waals surface area contributed by atoms with Crippen molar-refractivity contribution >= 4 is 0 Å². The molecule has 0 bridgehead atoms. The molecule has 0 aliphatic heterocycles. The second-order valence-corrected chi connectivity index (χ2v) is 6.05. The van der Waals surface area contributed by atoms with Crippen LogP contribution < -0.4 is 5.56 Å². The molecule has 1 aromatic carbocycles. The molecule has 0 saturated carbocycles. The molecule has 2 rings (SSSR count). The summed E-state index contributed by atoms with van der Waals surface area (Å²) in [6.07, 6.45) is 0.751. The minimum atomic E-state index is -0.0751. The molecule has 19 heavy (non-hydrogen) atoms. The summed E-state index contributed by atoms with van der Waals surface area (Å²) in [5, 5.41) is 2.98. The van der Waals surface area contributed by atoms with Gasteiger partial charge in [0, 0.05) is 11.0 Å². The van der Waals surface area contributed by atoms with Gasteiger partial charge in [-0.15, -0.1) is 0 Å². The van der Waals surface area contributed by atoms with Crippen LogP contribution in [0.4, 0.5) is 0 Å². The lowest BCUT2D eigenvalue weighted by atomic mass is 9.88. The zero-order valence-corrected chi connectivity index (χ0v) is 12.4. The van der Waals surface area contributed by atoms with Gasteiger partial charge in [0.2, 0.25) is 0 Å². The number of aryl methyl sites for hydroxylation is 1. The lowest BCUT2D eigenvalue weighted by Crippen LogP contribution is -2.19. The number of nitrogens with zero attached hydrogens (tertiary/aromatic N) is 1. The molecule has 1 N–H and O–H groups in total. The molecule has 0 saturated heterocycles. The number of rotatable bonds is 2. The molecule has 0 amide bonds. The van der Waals surface area contributed by atoms with Gasteiger partial charge < -0.3 is 0 Å². The summed E-state index contributed by atoms with van der Waals surface area (Å²) in [6, 6.07) is 8.19. The predicted octanol–water partition coefficient (Wildman–Crippen LogP) is 3.33. The molecule has 0 radical (unpaired) electrons. The van der Waals surface area contributed by atoms with Crippen molar-refractivity contribution in [3.8, 4) is 5.69 Å². The fourth-order valence-corrected chi connectivity index (χ4v) is 2.54. The van der Waals surface area contributed by atoms with E-state index in [-0.39, 0.29) is 11.0 Å². The average molecular weight is 258 g/mol. The smallest absolute Gasteiger partial charge is 0.267 e. The number of hydrogen-bond acceptors (Lipinski definition) is 1. The molecule has 0 aliphatic rings. The summed E-state index contributed by atoms with van der Waals surface area (Å²) in [4.78, 5) is 12.1. The Balaban J connectivity index is 2.74. The Kier molecular flexibility index (Phi) is 3.40. The fourth-order valence-electron chi connectivity index (χ4n) is 2.54. The molecule has 3 nitrogen and oxygen atoms in total. The monoisotopic (exact) mass is 258 g/mol. The summed E-state index contributed by atoms with van der Waals surface area (Å²) in [6.45, 7) is 10.5. The molecular weight excluding hydrogens is 236 g/mol. The minimum absolute atomic E-state index is 0.0222. The number of benzene rings is 1. The van der Waals surface area contributed by atoms with Gasteiger partial charge in [0.1, 0.15) is 0 Å². The van der Waals surface area contributed by atoms with Crippen LogP contribution in [0.5, 0.6) is 0 Å². The second kappa shape index (κ2) is 4.72. The van der Waals surface area contributed by atoms with Crippen molar-refractivity contribution < 1.29 is 0 Å². The van der Waals surface area contributed by atoms with Crippen LogP contribution in [0.3, 0.4) is 0 Å². The van der Waals surface area contributed by atoms with E-state index in [9.17, 15) is 4.79 Å². The molecule has 1 heterocycles. The van der Waals surface area contributed by atoms with Crippen LogP contribution in [0.1, 0.15) is 44.5 Å². The number of nitrogens with one attached hydrogen (secondary N) is 1. The van der Waals surface area contributed by atoms with Gasteiger partial charge in [0.15, 0.2) is 0 Å². The van der Waals surface area contributed by atoms with Gasteiger partial charge in [-0.2, -0.15) is 0 Å². The lowest BCUT2D eigenvalue weighted by molar-refractivity contribution is 0.538. The molecule has 0 unspecified atom stereocenters. The summed E-state index contributed by atoms with van der Waals surface area (Å²) in [5.74, 6) is 0. The first-order chi connectivity index (χ1) is 8.84. The quantitative estimate of drug-likeness (QED) is 0.881. The van der Waals surface area contributed by atoms with E-state index in [1.165, 1.54) is 5.56 Å². The van der Waals surface area contributed by atoms with Crippen LogP contribution in [0.15, 0.2) is 29.1 Å². The van der Waals surface area contributed by atoms with Gasteiger partial charge in [-0.25, -0.2) is 0 Å². The van der Waals surface area contributed by atoms with Crippen molar-refractivity contribution in [1.29, 1.82) is 0 Å². The van der Waals surface area contributed by atoms with E-state index in [1.54, 1.807) is 0 Å². The Hall–Kier alpha value is -1.77. The average Bonchev–Trinajstić information content (AvgIpc) is 2.66. The first kappa shape index (κ1) is 13.7. The molecule has 0 aliphatic carbocycles. The van der Waals surface area contributed by atoms with Crippen LogP contribution in [-0.4, -0.2) is 9.78 Å². The normalized spacial score (nSPS) is 11.8. The van der Waals surface area contributed by atoms with Crippen molar-refractivity contribution in [3.05, 3.63) is 51.4 Å². The van der Waals surface area contributed by atoms with Crippen LogP contribution >= 0.6 is 0 Å². The summed E-state index contributed by atoms with van der Waals surface area (Å²) >= 11 is 0. The van der Waals surface area contributed by atoms with Crippen molar-refractivity contribution in [2.24, 2.45) is 0 Å². The number of aromatic amines is 1. The molecule has 2 aromatic rings. The third-order valence-corrected chi connectivity index (χ3v) is 3.32. The molecule has 1 aromatic heterocycles. The van der Waals surface area contributed by atoms with Gasteiger partial charge in [-0.05, 0) is 31.0 Å². The van der Waals surface area contributed by atoms with E-state index in [4.69, 9.17) is 0 Å². The van der Waals surface area contributed by atoms with Gasteiger partial charge in [0.25, 0.3) is 5.56 Å². The van der Waals surface area contributed by atoms with Crippen molar-refractivity contribution in [1.82, 2.24) is 9.78 Å². The SMILES string of the molecule is CCc1c(C(C)(C)C)n(-c2cccc(C)c2)[nH]c1=O. The Morgan fingerprint density at radius 3 is 2.47 bits per heavy atom. The Morgan fingerprint density at radius 1 is 1.26 bits per heavy atom. The Bertz CT molecular complexity index is 641. The standard InChI is InChI=1S/C16H22N2O/c1-6-13-14(16(3,4)5)18(17-15(13)19)12-9-7-8-11(2)10-12/h7-10H,6H2,1-5H3,(H,17,19). The molecule has 102 valence electrons. The third kappa shape index (κ3) is 2.50. The molecule has 0 atom stereocenters. The molecule has 0 fully saturated rings. The number of H-pyrrole nitrogens is 1. The highest BCUT2D eigenvalue weighted by Crippen LogP contribution is 2.27. The van der Waals surface area contributed by atoms with E-state index in [0.717, 1.165) is 23.4 Å². The maximum Gasteiger partial charge on any atom is 0.267 e. The van der Waals surface area contributed by atoms with Gasteiger partial charge >= 0.3 is 0 Å². The van der Waals surface area contributed by atoms with E-state index in [2.05, 4.69) is 44.9 Å². The van der Waals surface area contributed by atoms with Crippen LogP contribution in [0.25, 0.3) is 5.69 Å².